The Morgan fingerprint density at radius 2 is 0.691 bits per heavy atom. The van der Waals surface area contributed by atoms with Crippen LogP contribution in [-0.2, 0) is 0 Å². The molecule has 1 heteroatoms. The first-order valence-corrected chi connectivity index (χ1v) is 18.9. The molecular weight excluding hydrogens is 663 g/mol. The molecule has 0 aliphatic rings. The molecule has 0 bridgehead atoms. The Hall–Kier alpha value is -7.22. The standard InChI is InChI=1S/C54H37N/c1-3-11-38(12-4-1)39-19-21-40(22-20-39)41-27-32-48(33-28-41)55(53-18-10-9-16-50(53)43-13-5-2-6-14-43)49-34-29-42(30-35-49)46-31-36-52-47(37-46)26-25-45-24-23-44-15-7-8-17-51(44)54(45)52/h1-37H. The molecule has 0 aromatic heterocycles. The van der Waals surface area contributed by atoms with Gasteiger partial charge in [0.25, 0.3) is 0 Å². The molecule has 0 N–H and O–H groups in total. The topological polar surface area (TPSA) is 3.24 Å². The molecule has 0 unspecified atom stereocenters. The van der Waals surface area contributed by atoms with Crippen molar-refractivity contribution in [1.82, 2.24) is 0 Å². The van der Waals surface area contributed by atoms with Crippen molar-refractivity contribution in [3.8, 4) is 44.5 Å². The van der Waals surface area contributed by atoms with Crippen LogP contribution in [0.4, 0.5) is 17.1 Å². The second kappa shape index (κ2) is 14.0. The molecule has 55 heavy (non-hydrogen) atoms. The van der Waals surface area contributed by atoms with E-state index >= 15 is 0 Å². The summed E-state index contributed by atoms with van der Waals surface area (Å²) in [6.45, 7) is 0. The van der Waals surface area contributed by atoms with E-state index in [0.29, 0.717) is 0 Å². The zero-order valence-electron chi connectivity index (χ0n) is 30.3. The van der Waals surface area contributed by atoms with Crippen LogP contribution in [0, 0.1) is 0 Å². The predicted molar refractivity (Wildman–Crippen MR) is 235 cm³/mol. The normalized spacial score (nSPS) is 11.3. The van der Waals surface area contributed by atoms with E-state index in [0.717, 1.165) is 17.1 Å². The van der Waals surface area contributed by atoms with Gasteiger partial charge in [-0.25, -0.2) is 0 Å². The fraction of sp³-hybridized carbons (Fsp3) is 0. The molecule has 10 aromatic rings. The lowest BCUT2D eigenvalue weighted by Crippen LogP contribution is -2.11. The number of benzene rings is 10. The predicted octanol–water partition coefficient (Wildman–Crippen LogP) is 15.3. The van der Waals surface area contributed by atoms with Crippen molar-refractivity contribution in [2.45, 2.75) is 0 Å². The number of anilines is 3. The van der Waals surface area contributed by atoms with Crippen molar-refractivity contribution in [2.75, 3.05) is 4.90 Å². The van der Waals surface area contributed by atoms with Crippen LogP contribution < -0.4 is 4.90 Å². The third-order valence-corrected chi connectivity index (χ3v) is 10.9. The van der Waals surface area contributed by atoms with E-state index in [9.17, 15) is 0 Å². The fourth-order valence-corrected chi connectivity index (χ4v) is 8.06. The Bertz CT molecular complexity index is 2930. The van der Waals surface area contributed by atoms with E-state index in [1.54, 1.807) is 0 Å². The highest BCUT2D eigenvalue weighted by atomic mass is 15.1. The molecule has 10 aromatic carbocycles. The lowest BCUT2D eigenvalue weighted by atomic mass is 9.94. The maximum Gasteiger partial charge on any atom is 0.0540 e. The molecule has 1 nitrogen and oxygen atoms in total. The summed E-state index contributed by atoms with van der Waals surface area (Å²) in [6, 6.07) is 81.3. The number of fused-ring (bicyclic) bond motifs is 5. The molecule has 0 radical (unpaired) electrons. The van der Waals surface area contributed by atoms with Gasteiger partial charge in [-0.2, -0.15) is 0 Å². The summed E-state index contributed by atoms with van der Waals surface area (Å²) in [4.78, 5) is 2.38. The number of hydrogen-bond acceptors (Lipinski definition) is 1. The van der Waals surface area contributed by atoms with Crippen molar-refractivity contribution in [3.63, 3.8) is 0 Å². The van der Waals surface area contributed by atoms with Crippen LogP contribution in [0.1, 0.15) is 0 Å². The summed E-state index contributed by atoms with van der Waals surface area (Å²) in [5, 5.41) is 7.70. The third-order valence-electron chi connectivity index (χ3n) is 10.9. The molecule has 0 atom stereocenters. The van der Waals surface area contributed by atoms with E-state index in [1.807, 2.05) is 0 Å². The van der Waals surface area contributed by atoms with Crippen LogP contribution >= 0.6 is 0 Å². The Morgan fingerprint density at radius 3 is 1.35 bits per heavy atom. The Kier molecular flexibility index (Phi) is 8.24. The maximum absolute atomic E-state index is 2.38. The van der Waals surface area contributed by atoms with Gasteiger partial charge >= 0.3 is 0 Å². The van der Waals surface area contributed by atoms with Crippen LogP contribution in [0.5, 0.6) is 0 Å². The van der Waals surface area contributed by atoms with Crippen LogP contribution in [0.15, 0.2) is 224 Å². The zero-order valence-corrected chi connectivity index (χ0v) is 30.3. The first kappa shape index (κ1) is 32.4. The average Bonchev–Trinajstić information content (AvgIpc) is 3.27. The summed E-state index contributed by atoms with van der Waals surface area (Å²) >= 11 is 0. The molecule has 0 aliphatic heterocycles. The minimum atomic E-state index is 1.10. The molecular formula is C54H37N. The van der Waals surface area contributed by atoms with E-state index in [4.69, 9.17) is 0 Å². The van der Waals surface area contributed by atoms with E-state index in [1.165, 1.54) is 76.8 Å². The van der Waals surface area contributed by atoms with Gasteiger partial charge in [0.05, 0.1) is 5.69 Å². The first-order chi connectivity index (χ1) is 27.3. The van der Waals surface area contributed by atoms with Gasteiger partial charge in [-0.1, -0.05) is 188 Å². The van der Waals surface area contributed by atoms with Gasteiger partial charge in [-0.3, -0.25) is 0 Å². The minimum Gasteiger partial charge on any atom is -0.310 e. The number of hydrogen-bond donors (Lipinski definition) is 0. The van der Waals surface area contributed by atoms with Gasteiger partial charge in [0, 0.05) is 16.9 Å². The number of nitrogens with zero attached hydrogens (tertiary/aromatic N) is 1. The van der Waals surface area contributed by atoms with Crippen molar-refractivity contribution >= 4 is 49.4 Å². The molecule has 0 aliphatic carbocycles. The summed E-state index contributed by atoms with van der Waals surface area (Å²) in [5.74, 6) is 0. The van der Waals surface area contributed by atoms with Gasteiger partial charge < -0.3 is 4.90 Å². The molecule has 0 saturated carbocycles. The first-order valence-electron chi connectivity index (χ1n) is 18.9. The molecule has 0 saturated heterocycles. The van der Waals surface area contributed by atoms with E-state index in [2.05, 4.69) is 229 Å². The molecule has 10 rings (SSSR count). The second-order valence-corrected chi connectivity index (χ2v) is 14.1. The molecule has 0 spiro atoms. The Morgan fingerprint density at radius 1 is 0.255 bits per heavy atom. The van der Waals surface area contributed by atoms with Crippen LogP contribution in [0.3, 0.4) is 0 Å². The average molecular weight is 700 g/mol. The van der Waals surface area contributed by atoms with E-state index in [-0.39, 0.29) is 0 Å². The highest BCUT2D eigenvalue weighted by Crippen LogP contribution is 2.42. The SMILES string of the molecule is c1ccc(-c2ccc(-c3ccc(N(c4ccc(-c5ccc6c(ccc7ccc8ccccc8c76)c5)cc4)c4ccccc4-c4ccccc4)cc3)cc2)cc1. The van der Waals surface area contributed by atoms with E-state index < -0.39 is 0 Å². The minimum absolute atomic E-state index is 1.10. The second-order valence-electron chi connectivity index (χ2n) is 14.1. The van der Waals surface area contributed by atoms with Gasteiger partial charge in [-0.05, 0) is 108 Å². The highest BCUT2D eigenvalue weighted by Gasteiger charge is 2.18. The van der Waals surface area contributed by atoms with Gasteiger partial charge in [0.15, 0.2) is 0 Å². The van der Waals surface area contributed by atoms with Crippen LogP contribution in [0.25, 0.3) is 76.8 Å². The Labute approximate surface area is 322 Å². The smallest absolute Gasteiger partial charge is 0.0540 e. The summed E-state index contributed by atoms with van der Waals surface area (Å²) in [5.41, 5.74) is 12.9. The third kappa shape index (κ3) is 6.12. The van der Waals surface area contributed by atoms with Gasteiger partial charge in [-0.15, -0.1) is 0 Å². The van der Waals surface area contributed by atoms with Crippen molar-refractivity contribution in [3.05, 3.63) is 224 Å². The van der Waals surface area contributed by atoms with Gasteiger partial charge in [0.1, 0.15) is 0 Å². The van der Waals surface area contributed by atoms with Crippen LogP contribution in [0.2, 0.25) is 0 Å². The molecule has 258 valence electrons. The van der Waals surface area contributed by atoms with Gasteiger partial charge in [0.2, 0.25) is 0 Å². The quantitative estimate of drug-likeness (QED) is 0.150. The lowest BCUT2D eigenvalue weighted by molar-refractivity contribution is 1.28. The molecule has 0 fully saturated rings. The van der Waals surface area contributed by atoms with Crippen LogP contribution in [-0.4, -0.2) is 0 Å². The summed E-state index contributed by atoms with van der Waals surface area (Å²) in [6.07, 6.45) is 0. The lowest BCUT2D eigenvalue weighted by Gasteiger charge is -2.28. The zero-order chi connectivity index (χ0) is 36.6. The van der Waals surface area contributed by atoms with Crippen molar-refractivity contribution in [1.29, 1.82) is 0 Å². The largest absolute Gasteiger partial charge is 0.310 e. The summed E-state index contributed by atoms with van der Waals surface area (Å²) in [7, 11) is 0. The molecule has 0 amide bonds. The fourth-order valence-electron chi connectivity index (χ4n) is 8.06. The maximum atomic E-state index is 2.38. The number of rotatable bonds is 7. The highest BCUT2D eigenvalue weighted by molar-refractivity contribution is 6.20. The van der Waals surface area contributed by atoms with Crippen molar-refractivity contribution < 1.29 is 0 Å². The van der Waals surface area contributed by atoms with Crippen molar-refractivity contribution in [2.24, 2.45) is 0 Å². The summed E-state index contributed by atoms with van der Waals surface area (Å²) < 4.78 is 0. The monoisotopic (exact) mass is 699 g/mol. The molecule has 0 heterocycles. The Balaban J connectivity index is 1.03. The number of para-hydroxylation sites is 1.